The van der Waals surface area contributed by atoms with Crippen molar-refractivity contribution in [1.82, 2.24) is 30.2 Å². The van der Waals surface area contributed by atoms with Gasteiger partial charge in [0.05, 0.1) is 29.1 Å². The largest absolute Gasteiger partial charge is 0.376 e. The molecule has 0 radical (unpaired) electrons. The number of nitrogens with zero attached hydrogens (tertiary/aromatic N) is 5. The molecule has 1 amide bonds. The Morgan fingerprint density at radius 3 is 2.93 bits per heavy atom. The Hall–Kier alpha value is -3.07. The fourth-order valence-corrected chi connectivity index (χ4v) is 3.12. The van der Waals surface area contributed by atoms with Crippen molar-refractivity contribution in [3.63, 3.8) is 0 Å². The highest BCUT2D eigenvalue weighted by molar-refractivity contribution is 5.95. The molecule has 1 aliphatic heterocycles. The van der Waals surface area contributed by atoms with Crippen molar-refractivity contribution in [2.45, 2.75) is 39.2 Å². The van der Waals surface area contributed by atoms with Crippen molar-refractivity contribution in [2.24, 2.45) is 0 Å². The van der Waals surface area contributed by atoms with Crippen LogP contribution < -0.4 is 5.32 Å². The third-order valence-corrected chi connectivity index (χ3v) is 4.76. The molecule has 1 N–H and O–H groups in total. The highest BCUT2D eigenvalue weighted by atomic mass is 16.5. The summed E-state index contributed by atoms with van der Waals surface area (Å²) in [5, 5.41) is 11.1. The van der Waals surface area contributed by atoms with Crippen LogP contribution in [0, 0.1) is 6.92 Å². The normalized spacial score (nSPS) is 16.4. The number of carbonyl (C=O) groups is 1. The summed E-state index contributed by atoms with van der Waals surface area (Å²) in [4.78, 5) is 21.2. The number of ether oxygens (including phenoxy) is 1. The lowest BCUT2D eigenvalue weighted by atomic mass is 10.2. The average molecular weight is 382 g/mol. The van der Waals surface area contributed by atoms with Crippen molar-refractivity contribution >= 4 is 5.91 Å². The summed E-state index contributed by atoms with van der Waals surface area (Å²) in [6.07, 6.45) is 6.05. The minimum atomic E-state index is -0.158. The number of aromatic nitrogens is 5. The van der Waals surface area contributed by atoms with Crippen molar-refractivity contribution in [2.75, 3.05) is 13.2 Å². The molecule has 0 aliphatic carbocycles. The predicted molar refractivity (Wildman–Crippen MR) is 100 cm³/mol. The molecule has 9 nitrogen and oxygen atoms in total. The molecule has 1 saturated heterocycles. The lowest BCUT2D eigenvalue weighted by Gasteiger charge is -2.10. The zero-order chi connectivity index (χ0) is 19.5. The first-order chi connectivity index (χ1) is 13.7. The van der Waals surface area contributed by atoms with Gasteiger partial charge < -0.3 is 14.6 Å². The first-order valence-electron chi connectivity index (χ1n) is 9.39. The Morgan fingerprint density at radius 1 is 1.36 bits per heavy atom. The second-order valence-electron chi connectivity index (χ2n) is 6.67. The van der Waals surface area contributed by atoms with Gasteiger partial charge in [0.2, 0.25) is 0 Å². The van der Waals surface area contributed by atoms with E-state index in [1.165, 1.54) is 0 Å². The van der Waals surface area contributed by atoms with Gasteiger partial charge in [-0.15, -0.1) is 0 Å². The number of hydrogen-bond donors (Lipinski definition) is 1. The van der Waals surface area contributed by atoms with E-state index in [1.807, 2.05) is 19.9 Å². The maximum absolute atomic E-state index is 12.5. The first-order valence-corrected chi connectivity index (χ1v) is 9.39. The molecule has 3 aromatic rings. The lowest BCUT2D eigenvalue weighted by molar-refractivity contribution is 0.0857. The number of aryl methyl sites for hydroxylation is 1. The summed E-state index contributed by atoms with van der Waals surface area (Å²) in [5.74, 6) is 1.53. The predicted octanol–water partition coefficient (Wildman–Crippen LogP) is 2.10. The summed E-state index contributed by atoms with van der Waals surface area (Å²) in [6.45, 7) is 5.09. The fraction of sp³-hybridized carbons (Fsp3) is 0.421. The Kier molecular flexibility index (Phi) is 5.16. The molecule has 28 heavy (non-hydrogen) atoms. The van der Waals surface area contributed by atoms with Crippen LogP contribution in [0.15, 0.2) is 29.0 Å². The fourth-order valence-electron chi connectivity index (χ4n) is 3.12. The van der Waals surface area contributed by atoms with E-state index in [0.717, 1.165) is 30.7 Å². The van der Waals surface area contributed by atoms with Crippen molar-refractivity contribution in [3.8, 4) is 17.3 Å². The lowest BCUT2D eigenvalue weighted by Crippen LogP contribution is -2.32. The molecule has 3 aromatic heterocycles. The summed E-state index contributed by atoms with van der Waals surface area (Å²) in [6, 6.07) is 3.65. The molecule has 4 rings (SSSR count). The van der Waals surface area contributed by atoms with Crippen molar-refractivity contribution in [1.29, 1.82) is 0 Å². The quantitative estimate of drug-likeness (QED) is 0.695. The number of carbonyl (C=O) groups excluding carboxylic acids is 1. The van der Waals surface area contributed by atoms with E-state index < -0.39 is 0 Å². The van der Waals surface area contributed by atoms with Crippen LogP contribution in [-0.4, -0.2) is 50.1 Å². The molecule has 146 valence electrons. The van der Waals surface area contributed by atoms with Gasteiger partial charge in [0.15, 0.2) is 11.6 Å². The average Bonchev–Trinajstić information content (AvgIpc) is 3.47. The Bertz CT molecular complexity index is 956. The summed E-state index contributed by atoms with van der Waals surface area (Å²) in [7, 11) is 0. The van der Waals surface area contributed by atoms with Gasteiger partial charge in [0.1, 0.15) is 0 Å². The third-order valence-electron chi connectivity index (χ3n) is 4.76. The van der Waals surface area contributed by atoms with Crippen LogP contribution in [0.1, 0.15) is 41.6 Å². The highest BCUT2D eigenvalue weighted by Crippen LogP contribution is 2.19. The smallest absolute Gasteiger partial charge is 0.259 e. The minimum absolute atomic E-state index is 0.103. The molecule has 1 aliphatic rings. The maximum Gasteiger partial charge on any atom is 0.259 e. The highest BCUT2D eigenvalue weighted by Gasteiger charge is 2.20. The van der Waals surface area contributed by atoms with Crippen LogP contribution in [0.25, 0.3) is 17.3 Å². The van der Waals surface area contributed by atoms with Gasteiger partial charge in [-0.05, 0) is 31.9 Å². The van der Waals surface area contributed by atoms with Crippen LogP contribution in [0.4, 0.5) is 0 Å². The van der Waals surface area contributed by atoms with E-state index in [4.69, 9.17) is 9.26 Å². The monoisotopic (exact) mass is 382 g/mol. The molecule has 0 unspecified atom stereocenters. The Morgan fingerprint density at radius 2 is 2.25 bits per heavy atom. The first kappa shape index (κ1) is 18.3. The minimum Gasteiger partial charge on any atom is -0.376 e. The SMILES string of the molecule is CCc1noc(-c2ccc(-n3ncc(C(=O)NC[C@H]4CCCO4)c3C)nc2)n1. The molecule has 4 heterocycles. The molecule has 0 aromatic carbocycles. The van der Waals surface area contributed by atoms with E-state index in [2.05, 4.69) is 25.5 Å². The Balaban J connectivity index is 1.47. The van der Waals surface area contributed by atoms with Crippen LogP contribution in [0.2, 0.25) is 0 Å². The third kappa shape index (κ3) is 3.65. The van der Waals surface area contributed by atoms with Gasteiger partial charge in [-0.1, -0.05) is 12.1 Å². The topological polar surface area (TPSA) is 108 Å². The van der Waals surface area contributed by atoms with Crippen LogP contribution in [0.3, 0.4) is 0 Å². The van der Waals surface area contributed by atoms with Gasteiger partial charge in [0, 0.05) is 25.8 Å². The molecule has 1 atom stereocenters. The van der Waals surface area contributed by atoms with E-state index in [9.17, 15) is 4.79 Å². The number of amides is 1. The number of rotatable bonds is 6. The van der Waals surface area contributed by atoms with Crippen molar-refractivity contribution in [3.05, 3.63) is 41.6 Å². The van der Waals surface area contributed by atoms with Crippen LogP contribution in [-0.2, 0) is 11.2 Å². The van der Waals surface area contributed by atoms with Gasteiger partial charge in [-0.2, -0.15) is 10.1 Å². The molecule has 0 bridgehead atoms. The zero-order valence-electron chi connectivity index (χ0n) is 15.9. The summed E-state index contributed by atoms with van der Waals surface area (Å²) < 4.78 is 12.4. The van der Waals surface area contributed by atoms with Gasteiger partial charge >= 0.3 is 0 Å². The van der Waals surface area contributed by atoms with Gasteiger partial charge in [-0.25, -0.2) is 9.67 Å². The molecular formula is C19H22N6O3. The zero-order valence-corrected chi connectivity index (χ0v) is 15.9. The van der Waals surface area contributed by atoms with Crippen LogP contribution in [0.5, 0.6) is 0 Å². The maximum atomic E-state index is 12.5. The number of hydrogen-bond acceptors (Lipinski definition) is 7. The molecule has 1 fully saturated rings. The standard InChI is InChI=1S/C19H22N6O3/c1-3-16-23-19(28-24-16)13-6-7-17(20-9-13)25-12(2)15(11-22-25)18(26)21-10-14-5-4-8-27-14/h6-7,9,11,14H,3-5,8,10H2,1-2H3,(H,21,26)/t14-/m1/s1. The number of nitrogens with one attached hydrogen (secondary N) is 1. The van der Waals surface area contributed by atoms with Gasteiger partial charge in [0.25, 0.3) is 11.8 Å². The van der Waals surface area contributed by atoms with E-state index in [1.54, 1.807) is 23.1 Å². The van der Waals surface area contributed by atoms with Crippen LogP contribution >= 0.6 is 0 Å². The molecule has 9 heteroatoms. The second-order valence-corrected chi connectivity index (χ2v) is 6.67. The second kappa shape index (κ2) is 7.89. The summed E-state index contributed by atoms with van der Waals surface area (Å²) >= 11 is 0. The molecule has 0 saturated carbocycles. The van der Waals surface area contributed by atoms with E-state index >= 15 is 0 Å². The van der Waals surface area contributed by atoms with Gasteiger partial charge in [-0.3, -0.25) is 4.79 Å². The van der Waals surface area contributed by atoms with E-state index in [0.29, 0.717) is 36.1 Å². The molecule has 0 spiro atoms. The summed E-state index contributed by atoms with van der Waals surface area (Å²) in [5.41, 5.74) is 1.97. The Labute approximate surface area is 162 Å². The number of pyridine rings is 1. The van der Waals surface area contributed by atoms with Crippen molar-refractivity contribution < 1.29 is 14.1 Å². The molecular weight excluding hydrogens is 360 g/mol. The van der Waals surface area contributed by atoms with E-state index in [-0.39, 0.29) is 12.0 Å².